The predicted octanol–water partition coefficient (Wildman–Crippen LogP) is 1.33. The lowest BCUT2D eigenvalue weighted by molar-refractivity contribution is -0.0152. The number of aliphatic hydroxyl groups excluding tert-OH is 2. The normalized spacial score (nSPS) is 18.7. The highest BCUT2D eigenvalue weighted by molar-refractivity contribution is 4.96. The molecule has 0 fully saturated rings. The first-order valence-corrected chi connectivity index (χ1v) is 3.92. The maximum atomic E-state index is 9.50. The van der Waals surface area contributed by atoms with Crippen LogP contribution in [0.1, 0.15) is 27.7 Å². The lowest BCUT2D eigenvalue weighted by atomic mass is 9.81. The number of allylic oxidation sites excluding steroid dienone is 1. The molecule has 0 aliphatic heterocycles. The third-order valence-electron chi connectivity index (χ3n) is 2.21. The van der Waals surface area contributed by atoms with Crippen molar-refractivity contribution < 1.29 is 10.2 Å². The lowest BCUT2D eigenvalue weighted by Crippen LogP contribution is -2.37. The Labute approximate surface area is 68.6 Å². The van der Waals surface area contributed by atoms with Crippen LogP contribution in [0.15, 0.2) is 12.2 Å². The Balaban J connectivity index is 4.28. The Hall–Kier alpha value is -0.340. The van der Waals surface area contributed by atoms with Crippen LogP contribution in [0.25, 0.3) is 0 Å². The molecule has 0 spiro atoms. The zero-order valence-corrected chi connectivity index (χ0v) is 7.70. The van der Waals surface area contributed by atoms with Crippen molar-refractivity contribution in [2.75, 3.05) is 0 Å². The molecule has 11 heavy (non-hydrogen) atoms. The highest BCUT2D eigenvalue weighted by Crippen LogP contribution is 2.25. The smallest absolute Gasteiger partial charge is 0.0796 e. The quantitative estimate of drug-likeness (QED) is 0.608. The molecule has 0 saturated heterocycles. The summed E-state index contributed by atoms with van der Waals surface area (Å²) in [6.07, 6.45) is 2.39. The number of rotatable bonds is 3. The Morgan fingerprint density at radius 1 is 1.27 bits per heavy atom. The van der Waals surface area contributed by atoms with E-state index in [-0.39, 0.29) is 0 Å². The lowest BCUT2D eigenvalue weighted by Gasteiger charge is -2.31. The molecule has 0 amide bonds. The second kappa shape index (κ2) is 3.88. The van der Waals surface area contributed by atoms with Crippen molar-refractivity contribution in [3.8, 4) is 0 Å². The van der Waals surface area contributed by atoms with Crippen molar-refractivity contribution in [3.63, 3.8) is 0 Å². The Morgan fingerprint density at radius 2 is 1.73 bits per heavy atom. The summed E-state index contributed by atoms with van der Waals surface area (Å²) in [7, 11) is 0. The van der Waals surface area contributed by atoms with E-state index in [0.717, 1.165) is 0 Å². The standard InChI is InChI=1S/C9H18O2/c1-5-6-8(11)9(3,4)7(2)10/h5-8,10-11H,1-4H3/b6-5+. The van der Waals surface area contributed by atoms with Crippen molar-refractivity contribution in [1.82, 2.24) is 0 Å². The molecule has 2 atom stereocenters. The fraction of sp³-hybridized carbons (Fsp3) is 0.778. The minimum absolute atomic E-state index is 0.466. The van der Waals surface area contributed by atoms with Gasteiger partial charge in [-0.1, -0.05) is 26.0 Å². The molecule has 0 aromatic heterocycles. The van der Waals surface area contributed by atoms with E-state index in [9.17, 15) is 10.2 Å². The molecule has 0 aromatic carbocycles. The fourth-order valence-electron chi connectivity index (χ4n) is 0.677. The van der Waals surface area contributed by atoms with Gasteiger partial charge in [-0.05, 0) is 13.8 Å². The van der Waals surface area contributed by atoms with Crippen LogP contribution < -0.4 is 0 Å². The second-order valence-corrected chi connectivity index (χ2v) is 3.47. The van der Waals surface area contributed by atoms with Crippen LogP contribution in [-0.4, -0.2) is 22.4 Å². The van der Waals surface area contributed by atoms with Crippen LogP contribution in [0, 0.1) is 5.41 Å². The maximum Gasteiger partial charge on any atom is 0.0796 e. The molecule has 0 aliphatic rings. The van der Waals surface area contributed by atoms with E-state index in [1.807, 2.05) is 20.8 Å². The van der Waals surface area contributed by atoms with Gasteiger partial charge in [-0.15, -0.1) is 0 Å². The molecule has 0 heterocycles. The van der Waals surface area contributed by atoms with Crippen molar-refractivity contribution in [2.24, 2.45) is 5.41 Å². The molecular formula is C9H18O2. The van der Waals surface area contributed by atoms with Gasteiger partial charge in [0.1, 0.15) is 0 Å². The SMILES string of the molecule is C/C=C/C(O)C(C)(C)C(C)O. The minimum Gasteiger partial charge on any atom is -0.393 e. The molecule has 0 radical (unpaired) electrons. The van der Waals surface area contributed by atoms with Crippen molar-refractivity contribution in [2.45, 2.75) is 39.9 Å². The summed E-state index contributed by atoms with van der Waals surface area (Å²) in [5.74, 6) is 0. The highest BCUT2D eigenvalue weighted by atomic mass is 16.3. The van der Waals surface area contributed by atoms with Crippen LogP contribution in [0.4, 0.5) is 0 Å². The number of hydrogen-bond acceptors (Lipinski definition) is 2. The van der Waals surface area contributed by atoms with Crippen molar-refractivity contribution >= 4 is 0 Å². The summed E-state index contributed by atoms with van der Waals surface area (Å²) in [5.41, 5.74) is -0.466. The third kappa shape index (κ3) is 2.64. The zero-order valence-electron chi connectivity index (χ0n) is 7.70. The molecule has 2 nitrogen and oxygen atoms in total. The molecule has 0 bridgehead atoms. The Kier molecular flexibility index (Phi) is 3.76. The van der Waals surface area contributed by atoms with Gasteiger partial charge in [0, 0.05) is 5.41 Å². The van der Waals surface area contributed by atoms with E-state index in [1.165, 1.54) is 0 Å². The van der Waals surface area contributed by atoms with Crippen molar-refractivity contribution in [1.29, 1.82) is 0 Å². The number of aliphatic hydroxyl groups is 2. The topological polar surface area (TPSA) is 40.5 Å². The molecule has 66 valence electrons. The van der Waals surface area contributed by atoms with E-state index >= 15 is 0 Å². The fourth-order valence-corrected chi connectivity index (χ4v) is 0.677. The molecule has 0 aromatic rings. The van der Waals surface area contributed by atoms with Gasteiger partial charge < -0.3 is 10.2 Å². The first-order chi connectivity index (χ1) is 4.92. The minimum atomic E-state index is -0.576. The second-order valence-electron chi connectivity index (χ2n) is 3.47. The van der Waals surface area contributed by atoms with Gasteiger partial charge in [0.2, 0.25) is 0 Å². The summed E-state index contributed by atoms with van der Waals surface area (Å²) in [4.78, 5) is 0. The highest BCUT2D eigenvalue weighted by Gasteiger charge is 2.30. The van der Waals surface area contributed by atoms with Crippen LogP contribution in [0.5, 0.6) is 0 Å². The molecule has 2 heteroatoms. The Bertz CT molecular complexity index is 136. The monoisotopic (exact) mass is 158 g/mol. The van der Waals surface area contributed by atoms with Gasteiger partial charge >= 0.3 is 0 Å². The van der Waals surface area contributed by atoms with E-state index in [2.05, 4.69) is 0 Å². The van der Waals surface area contributed by atoms with Gasteiger partial charge in [0.15, 0.2) is 0 Å². The van der Waals surface area contributed by atoms with Crippen LogP contribution >= 0.6 is 0 Å². The molecule has 0 aliphatic carbocycles. The number of hydrogen-bond donors (Lipinski definition) is 2. The third-order valence-corrected chi connectivity index (χ3v) is 2.21. The van der Waals surface area contributed by atoms with Gasteiger partial charge in [-0.25, -0.2) is 0 Å². The van der Waals surface area contributed by atoms with Crippen LogP contribution in [-0.2, 0) is 0 Å². The van der Waals surface area contributed by atoms with Crippen molar-refractivity contribution in [3.05, 3.63) is 12.2 Å². The first kappa shape index (κ1) is 10.7. The van der Waals surface area contributed by atoms with E-state index in [1.54, 1.807) is 19.1 Å². The van der Waals surface area contributed by atoms with E-state index in [4.69, 9.17) is 0 Å². The van der Waals surface area contributed by atoms with Gasteiger partial charge in [-0.3, -0.25) is 0 Å². The summed E-state index contributed by atoms with van der Waals surface area (Å²) in [6.45, 7) is 7.21. The Morgan fingerprint density at radius 3 is 2.00 bits per heavy atom. The van der Waals surface area contributed by atoms with E-state index < -0.39 is 17.6 Å². The zero-order chi connectivity index (χ0) is 9.07. The molecule has 2 N–H and O–H groups in total. The van der Waals surface area contributed by atoms with Gasteiger partial charge in [-0.2, -0.15) is 0 Å². The molecular weight excluding hydrogens is 140 g/mol. The summed E-state index contributed by atoms with van der Waals surface area (Å²) >= 11 is 0. The maximum absolute atomic E-state index is 9.50. The van der Waals surface area contributed by atoms with Gasteiger partial charge in [0.25, 0.3) is 0 Å². The first-order valence-electron chi connectivity index (χ1n) is 3.92. The molecule has 0 saturated carbocycles. The molecule has 0 rings (SSSR count). The molecule has 2 unspecified atom stereocenters. The summed E-state index contributed by atoms with van der Waals surface area (Å²) in [6, 6.07) is 0. The summed E-state index contributed by atoms with van der Waals surface area (Å²) < 4.78 is 0. The summed E-state index contributed by atoms with van der Waals surface area (Å²) in [5, 5.41) is 18.8. The predicted molar refractivity (Wildman–Crippen MR) is 46.3 cm³/mol. The average Bonchev–Trinajstić information content (AvgIpc) is 1.88. The largest absolute Gasteiger partial charge is 0.393 e. The van der Waals surface area contributed by atoms with E-state index in [0.29, 0.717) is 0 Å². The van der Waals surface area contributed by atoms with Crippen LogP contribution in [0.3, 0.4) is 0 Å². The van der Waals surface area contributed by atoms with Crippen LogP contribution in [0.2, 0.25) is 0 Å². The average molecular weight is 158 g/mol. The van der Waals surface area contributed by atoms with Gasteiger partial charge in [0.05, 0.1) is 12.2 Å².